The van der Waals surface area contributed by atoms with Gasteiger partial charge < -0.3 is 10.4 Å². The van der Waals surface area contributed by atoms with Crippen LogP contribution in [0, 0.1) is 6.92 Å². The zero-order chi connectivity index (χ0) is 15.6. The van der Waals surface area contributed by atoms with Crippen molar-refractivity contribution in [1.29, 1.82) is 0 Å². The molecule has 1 atom stereocenters. The van der Waals surface area contributed by atoms with Crippen molar-refractivity contribution in [2.45, 2.75) is 26.4 Å². The van der Waals surface area contributed by atoms with Gasteiger partial charge in [0.1, 0.15) is 6.54 Å². The highest BCUT2D eigenvalue weighted by Crippen LogP contribution is 2.15. The quantitative estimate of drug-likeness (QED) is 0.835. The van der Waals surface area contributed by atoms with Crippen molar-refractivity contribution >= 4 is 11.9 Å². The van der Waals surface area contributed by atoms with Crippen LogP contribution in [0.15, 0.2) is 18.5 Å². The van der Waals surface area contributed by atoms with Gasteiger partial charge in [0, 0.05) is 25.0 Å². The highest BCUT2D eigenvalue weighted by Gasteiger charge is 2.15. The first kappa shape index (κ1) is 14.8. The average molecular weight is 291 g/mol. The van der Waals surface area contributed by atoms with Gasteiger partial charge in [-0.05, 0) is 19.9 Å². The topological polar surface area (TPSA) is 102 Å². The van der Waals surface area contributed by atoms with E-state index in [1.54, 1.807) is 4.68 Å². The van der Waals surface area contributed by atoms with Crippen molar-refractivity contribution in [2.24, 2.45) is 7.05 Å². The zero-order valence-electron chi connectivity index (χ0n) is 12.1. The molecule has 112 valence electrons. The molecule has 21 heavy (non-hydrogen) atoms. The lowest BCUT2D eigenvalue weighted by Gasteiger charge is -2.13. The van der Waals surface area contributed by atoms with Gasteiger partial charge in [0.15, 0.2) is 5.69 Å². The van der Waals surface area contributed by atoms with Gasteiger partial charge in [0.25, 0.3) is 0 Å². The Morgan fingerprint density at radius 2 is 2.14 bits per heavy atom. The molecule has 1 unspecified atom stereocenters. The summed E-state index contributed by atoms with van der Waals surface area (Å²) < 4.78 is 2.99. The Bertz CT molecular complexity index is 673. The lowest BCUT2D eigenvalue weighted by molar-refractivity contribution is -0.122. The van der Waals surface area contributed by atoms with Crippen LogP contribution < -0.4 is 5.32 Å². The molecular formula is C13H17N5O3. The molecule has 2 aromatic heterocycles. The van der Waals surface area contributed by atoms with E-state index in [1.165, 1.54) is 16.9 Å². The third-order valence-electron chi connectivity index (χ3n) is 3.06. The Kier molecular flexibility index (Phi) is 4.06. The van der Waals surface area contributed by atoms with Crippen molar-refractivity contribution in [2.75, 3.05) is 0 Å². The molecule has 1 amide bonds. The Hall–Kier alpha value is -2.64. The second-order valence-corrected chi connectivity index (χ2v) is 4.84. The summed E-state index contributed by atoms with van der Waals surface area (Å²) in [5.41, 5.74) is 1.72. The van der Waals surface area contributed by atoms with Gasteiger partial charge in [-0.1, -0.05) is 0 Å². The number of carbonyl (C=O) groups is 2. The predicted molar refractivity (Wildman–Crippen MR) is 73.7 cm³/mol. The molecule has 0 aliphatic heterocycles. The second kappa shape index (κ2) is 5.78. The van der Waals surface area contributed by atoms with Crippen molar-refractivity contribution < 1.29 is 14.7 Å². The molecule has 8 nitrogen and oxygen atoms in total. The fourth-order valence-corrected chi connectivity index (χ4v) is 2.12. The molecule has 0 fully saturated rings. The number of carboxylic acid groups (broad SMARTS) is 1. The number of nitrogens with one attached hydrogen (secondary N) is 1. The van der Waals surface area contributed by atoms with Crippen molar-refractivity contribution in [1.82, 2.24) is 24.9 Å². The highest BCUT2D eigenvalue weighted by atomic mass is 16.4. The summed E-state index contributed by atoms with van der Waals surface area (Å²) >= 11 is 0. The lowest BCUT2D eigenvalue weighted by atomic mass is 10.1. The molecule has 0 aliphatic carbocycles. The molecule has 2 rings (SSSR count). The molecule has 0 saturated heterocycles. The minimum atomic E-state index is -1.12. The van der Waals surface area contributed by atoms with Crippen LogP contribution in [0.4, 0.5) is 0 Å². The third-order valence-corrected chi connectivity index (χ3v) is 3.06. The number of hydrogen-bond donors (Lipinski definition) is 2. The number of carbonyl (C=O) groups excluding carboxylic acids is 1. The van der Waals surface area contributed by atoms with E-state index >= 15 is 0 Å². The number of hydrogen-bond acceptors (Lipinski definition) is 4. The first-order chi connectivity index (χ1) is 9.86. The highest BCUT2D eigenvalue weighted by molar-refractivity contribution is 5.85. The van der Waals surface area contributed by atoms with E-state index in [0.717, 1.165) is 11.3 Å². The fraction of sp³-hybridized carbons (Fsp3) is 0.385. The van der Waals surface area contributed by atoms with E-state index in [1.807, 2.05) is 27.1 Å². The maximum absolute atomic E-state index is 11.9. The largest absolute Gasteiger partial charge is 0.476 e. The van der Waals surface area contributed by atoms with Crippen molar-refractivity contribution in [3.8, 4) is 0 Å². The minimum Gasteiger partial charge on any atom is -0.476 e. The third kappa shape index (κ3) is 3.47. The Morgan fingerprint density at radius 1 is 1.43 bits per heavy atom. The number of amides is 1. The summed E-state index contributed by atoms with van der Waals surface area (Å²) in [6, 6.07) is 1.17. The van der Waals surface area contributed by atoms with Crippen LogP contribution in [-0.2, 0) is 18.4 Å². The van der Waals surface area contributed by atoms with Gasteiger partial charge in [-0.25, -0.2) is 4.79 Å². The smallest absolute Gasteiger partial charge is 0.356 e. The van der Waals surface area contributed by atoms with Gasteiger partial charge in [-0.15, -0.1) is 0 Å². The number of rotatable bonds is 5. The monoisotopic (exact) mass is 291 g/mol. The molecule has 0 aromatic carbocycles. The SMILES string of the molecule is Cc1nn(C)cc1C(C)NC(=O)Cn1ccc(C(=O)O)n1. The minimum absolute atomic E-state index is 0.0308. The van der Waals surface area contributed by atoms with Crippen molar-refractivity contribution in [3.05, 3.63) is 35.4 Å². The number of aromatic nitrogens is 4. The van der Waals surface area contributed by atoms with E-state index in [2.05, 4.69) is 15.5 Å². The number of aromatic carboxylic acids is 1. The molecule has 0 radical (unpaired) electrons. The summed E-state index contributed by atoms with van der Waals surface area (Å²) in [6.45, 7) is 3.72. The molecule has 2 N–H and O–H groups in total. The second-order valence-electron chi connectivity index (χ2n) is 4.84. The predicted octanol–water partition coefficient (Wildman–Crippen LogP) is 0.501. The van der Waals surface area contributed by atoms with Gasteiger partial charge in [-0.3, -0.25) is 14.2 Å². The fourth-order valence-electron chi connectivity index (χ4n) is 2.12. The van der Waals surface area contributed by atoms with E-state index in [4.69, 9.17) is 5.11 Å². The molecule has 2 aromatic rings. The average Bonchev–Trinajstić information content (AvgIpc) is 2.95. The van der Waals surface area contributed by atoms with Gasteiger partial charge >= 0.3 is 5.97 Å². The summed E-state index contributed by atoms with van der Waals surface area (Å²) in [6.07, 6.45) is 3.32. The van der Waals surface area contributed by atoms with Crippen LogP contribution in [-0.4, -0.2) is 36.5 Å². The zero-order valence-corrected chi connectivity index (χ0v) is 12.1. The molecule has 0 spiro atoms. The normalized spacial score (nSPS) is 12.1. The van der Waals surface area contributed by atoms with Crippen LogP contribution in [0.5, 0.6) is 0 Å². The Morgan fingerprint density at radius 3 is 2.67 bits per heavy atom. The number of carboxylic acids is 1. The van der Waals surface area contributed by atoms with Gasteiger partial charge in [-0.2, -0.15) is 10.2 Å². The first-order valence-corrected chi connectivity index (χ1v) is 6.43. The Labute approximate surface area is 121 Å². The van der Waals surface area contributed by atoms with Crippen LogP contribution in [0.1, 0.15) is 34.7 Å². The summed E-state index contributed by atoms with van der Waals surface area (Å²) in [5.74, 6) is -1.36. The standard InChI is InChI=1S/C13H17N5O3/c1-8(10-6-17(3)15-9(10)2)14-12(19)7-18-5-4-11(16-18)13(20)21/h4-6,8H,7H2,1-3H3,(H,14,19)(H,20,21). The van der Waals surface area contributed by atoms with Crippen LogP contribution >= 0.6 is 0 Å². The summed E-state index contributed by atoms with van der Waals surface area (Å²) in [7, 11) is 1.82. The van der Waals surface area contributed by atoms with E-state index in [9.17, 15) is 9.59 Å². The molecule has 8 heteroatoms. The maximum atomic E-state index is 11.9. The van der Waals surface area contributed by atoms with Gasteiger partial charge in [0.2, 0.25) is 5.91 Å². The van der Waals surface area contributed by atoms with E-state index in [-0.39, 0.29) is 24.2 Å². The summed E-state index contributed by atoms with van der Waals surface area (Å²) in [5, 5.41) is 19.6. The van der Waals surface area contributed by atoms with Crippen LogP contribution in [0.3, 0.4) is 0 Å². The molecule has 0 bridgehead atoms. The molecule has 0 saturated carbocycles. The lowest BCUT2D eigenvalue weighted by Crippen LogP contribution is -2.30. The van der Waals surface area contributed by atoms with Gasteiger partial charge in [0.05, 0.1) is 11.7 Å². The molecule has 0 aliphatic rings. The van der Waals surface area contributed by atoms with Crippen LogP contribution in [0.2, 0.25) is 0 Å². The van der Waals surface area contributed by atoms with E-state index < -0.39 is 5.97 Å². The molecule has 2 heterocycles. The number of aryl methyl sites for hydroxylation is 2. The number of nitrogens with zero attached hydrogens (tertiary/aromatic N) is 4. The Balaban J connectivity index is 1.97. The molecular weight excluding hydrogens is 274 g/mol. The maximum Gasteiger partial charge on any atom is 0.356 e. The first-order valence-electron chi connectivity index (χ1n) is 6.43. The van der Waals surface area contributed by atoms with E-state index in [0.29, 0.717) is 0 Å². The van der Waals surface area contributed by atoms with Crippen molar-refractivity contribution in [3.63, 3.8) is 0 Å². The van der Waals surface area contributed by atoms with Crippen LogP contribution in [0.25, 0.3) is 0 Å². The summed E-state index contributed by atoms with van der Waals surface area (Å²) in [4.78, 5) is 22.7.